The van der Waals surface area contributed by atoms with Crippen LogP contribution in [0.3, 0.4) is 0 Å². The third-order valence-corrected chi connectivity index (χ3v) is 2.81. The van der Waals surface area contributed by atoms with E-state index in [2.05, 4.69) is 15.6 Å². The second kappa shape index (κ2) is 7.62. The van der Waals surface area contributed by atoms with Crippen LogP contribution in [0.2, 0.25) is 0 Å². The minimum absolute atomic E-state index is 0. The Balaban J connectivity index is 0.00000200. The standard InChI is InChI=1S/C13H16N4O2.ClH/c1-2-14-8-9-15-11-5-6-12(17(18)19)10-4-3-7-16-13(10)11;/h3-7,14-15H,2,8-9H2,1H3;1H/p-1. The number of pyridine rings is 1. The summed E-state index contributed by atoms with van der Waals surface area (Å²) < 4.78 is 0. The molecule has 2 rings (SSSR count). The van der Waals surface area contributed by atoms with E-state index >= 15 is 0 Å². The summed E-state index contributed by atoms with van der Waals surface area (Å²) >= 11 is 0. The van der Waals surface area contributed by atoms with Crippen molar-refractivity contribution in [3.63, 3.8) is 0 Å². The predicted octanol–water partition coefficient (Wildman–Crippen LogP) is -0.832. The average molecular weight is 296 g/mol. The van der Waals surface area contributed by atoms with Crippen molar-refractivity contribution >= 4 is 22.3 Å². The number of nitro groups is 1. The molecule has 20 heavy (non-hydrogen) atoms. The highest BCUT2D eigenvalue weighted by molar-refractivity contribution is 5.96. The normalized spacial score (nSPS) is 10.1. The molecule has 1 aromatic carbocycles. The zero-order chi connectivity index (χ0) is 13.7. The van der Waals surface area contributed by atoms with Crippen molar-refractivity contribution in [1.82, 2.24) is 10.3 Å². The number of benzene rings is 1. The maximum absolute atomic E-state index is 11.0. The topological polar surface area (TPSA) is 80.1 Å². The lowest BCUT2D eigenvalue weighted by Gasteiger charge is -2.09. The van der Waals surface area contributed by atoms with Crippen LogP contribution in [0.4, 0.5) is 11.4 Å². The third-order valence-electron chi connectivity index (χ3n) is 2.81. The van der Waals surface area contributed by atoms with E-state index in [0.29, 0.717) is 10.9 Å². The number of nitrogens with zero attached hydrogens (tertiary/aromatic N) is 2. The first kappa shape index (κ1) is 16.1. The molecule has 0 unspecified atom stereocenters. The maximum Gasteiger partial charge on any atom is 0.278 e. The lowest BCUT2D eigenvalue weighted by Crippen LogP contribution is -3.00. The first-order chi connectivity index (χ1) is 9.24. The zero-order valence-electron chi connectivity index (χ0n) is 11.1. The summed E-state index contributed by atoms with van der Waals surface area (Å²) in [5.74, 6) is 0. The lowest BCUT2D eigenvalue weighted by atomic mass is 10.1. The van der Waals surface area contributed by atoms with Crippen molar-refractivity contribution in [2.45, 2.75) is 6.92 Å². The van der Waals surface area contributed by atoms with Crippen LogP contribution in [0.5, 0.6) is 0 Å². The third kappa shape index (κ3) is 3.55. The monoisotopic (exact) mass is 295 g/mol. The van der Waals surface area contributed by atoms with E-state index in [9.17, 15) is 10.1 Å². The number of halogens is 1. The summed E-state index contributed by atoms with van der Waals surface area (Å²) in [6.45, 7) is 4.54. The first-order valence-corrected chi connectivity index (χ1v) is 6.20. The highest BCUT2D eigenvalue weighted by atomic mass is 35.5. The Hall–Kier alpha value is -1.92. The van der Waals surface area contributed by atoms with E-state index in [4.69, 9.17) is 0 Å². The molecule has 7 heteroatoms. The minimum atomic E-state index is -0.383. The first-order valence-electron chi connectivity index (χ1n) is 6.20. The largest absolute Gasteiger partial charge is 1.00 e. The van der Waals surface area contributed by atoms with Crippen LogP contribution in [0, 0.1) is 10.1 Å². The molecule has 0 fully saturated rings. The molecule has 0 atom stereocenters. The molecule has 0 aliphatic heterocycles. The second-order valence-electron chi connectivity index (χ2n) is 4.07. The van der Waals surface area contributed by atoms with Crippen LogP contribution in [-0.2, 0) is 0 Å². The van der Waals surface area contributed by atoms with Crippen molar-refractivity contribution in [3.05, 3.63) is 40.6 Å². The summed E-state index contributed by atoms with van der Waals surface area (Å²) in [5, 5.41) is 18.0. The van der Waals surface area contributed by atoms with Gasteiger partial charge in [0.15, 0.2) is 0 Å². The number of non-ortho nitro benzene ring substituents is 1. The number of likely N-dealkylation sites (N-methyl/N-ethyl adjacent to an activating group) is 1. The molecule has 0 amide bonds. The smallest absolute Gasteiger partial charge is 0.278 e. The SMILES string of the molecule is CCNCCNc1ccc([N+](=O)[O-])c2cccnc12.[Cl-]. The molecule has 0 radical (unpaired) electrons. The summed E-state index contributed by atoms with van der Waals surface area (Å²) in [5.41, 5.74) is 1.53. The Bertz CT molecular complexity index is 592. The van der Waals surface area contributed by atoms with E-state index in [1.165, 1.54) is 6.07 Å². The molecular weight excluding hydrogens is 280 g/mol. The Morgan fingerprint density at radius 3 is 2.80 bits per heavy atom. The van der Waals surface area contributed by atoms with Crippen LogP contribution in [-0.4, -0.2) is 29.5 Å². The van der Waals surface area contributed by atoms with Gasteiger partial charge in [-0.15, -0.1) is 0 Å². The molecule has 0 saturated carbocycles. The van der Waals surface area contributed by atoms with Crippen LogP contribution >= 0.6 is 0 Å². The van der Waals surface area contributed by atoms with Gasteiger partial charge in [0.1, 0.15) is 5.52 Å². The number of nitro benzene ring substituents is 1. The highest BCUT2D eigenvalue weighted by Crippen LogP contribution is 2.29. The number of nitrogens with one attached hydrogen (secondary N) is 2. The number of hydrogen-bond donors (Lipinski definition) is 2. The molecule has 6 nitrogen and oxygen atoms in total. The van der Waals surface area contributed by atoms with Gasteiger partial charge in [-0.2, -0.15) is 0 Å². The molecule has 1 aromatic heterocycles. The lowest BCUT2D eigenvalue weighted by molar-refractivity contribution is -0.383. The van der Waals surface area contributed by atoms with Crippen LogP contribution < -0.4 is 23.0 Å². The fourth-order valence-corrected chi connectivity index (χ4v) is 1.92. The Morgan fingerprint density at radius 2 is 2.10 bits per heavy atom. The Kier molecular flexibility index (Phi) is 6.14. The van der Waals surface area contributed by atoms with Gasteiger partial charge in [0.2, 0.25) is 0 Å². The van der Waals surface area contributed by atoms with Gasteiger partial charge in [-0.3, -0.25) is 15.1 Å². The summed E-state index contributed by atoms with van der Waals surface area (Å²) in [7, 11) is 0. The molecule has 0 bridgehead atoms. The maximum atomic E-state index is 11.0. The molecule has 0 saturated heterocycles. The van der Waals surface area contributed by atoms with Gasteiger partial charge in [-0.05, 0) is 24.7 Å². The van der Waals surface area contributed by atoms with E-state index in [-0.39, 0.29) is 23.0 Å². The number of hydrogen-bond acceptors (Lipinski definition) is 5. The van der Waals surface area contributed by atoms with Crippen molar-refractivity contribution in [3.8, 4) is 0 Å². The molecule has 1 heterocycles. The molecule has 108 valence electrons. The van der Waals surface area contributed by atoms with Crippen molar-refractivity contribution in [2.24, 2.45) is 0 Å². The van der Waals surface area contributed by atoms with E-state index in [1.807, 2.05) is 6.92 Å². The Morgan fingerprint density at radius 1 is 1.30 bits per heavy atom. The van der Waals surface area contributed by atoms with Gasteiger partial charge in [0.25, 0.3) is 5.69 Å². The van der Waals surface area contributed by atoms with Crippen molar-refractivity contribution in [1.29, 1.82) is 0 Å². The van der Waals surface area contributed by atoms with E-state index < -0.39 is 0 Å². The molecule has 0 spiro atoms. The molecule has 2 aromatic rings. The number of aromatic nitrogens is 1. The summed E-state index contributed by atoms with van der Waals surface area (Å²) in [6, 6.07) is 6.65. The van der Waals surface area contributed by atoms with Crippen molar-refractivity contribution in [2.75, 3.05) is 25.0 Å². The molecule has 0 aliphatic rings. The fourth-order valence-electron chi connectivity index (χ4n) is 1.92. The van der Waals surface area contributed by atoms with Crippen LogP contribution in [0.25, 0.3) is 10.9 Å². The second-order valence-corrected chi connectivity index (χ2v) is 4.07. The van der Waals surface area contributed by atoms with Gasteiger partial charge in [0, 0.05) is 25.4 Å². The fraction of sp³-hybridized carbons (Fsp3) is 0.308. The summed E-state index contributed by atoms with van der Waals surface area (Å²) in [6.07, 6.45) is 1.64. The van der Waals surface area contributed by atoms with Gasteiger partial charge in [0.05, 0.1) is 16.0 Å². The Labute approximate surface area is 123 Å². The van der Waals surface area contributed by atoms with Crippen LogP contribution in [0.15, 0.2) is 30.5 Å². The summed E-state index contributed by atoms with van der Waals surface area (Å²) in [4.78, 5) is 14.8. The number of rotatable bonds is 6. The average Bonchev–Trinajstić information content (AvgIpc) is 2.43. The quantitative estimate of drug-likeness (QED) is 0.413. The van der Waals surface area contributed by atoms with Crippen LogP contribution in [0.1, 0.15) is 6.92 Å². The molecular formula is C13H16ClN4O2-. The minimum Gasteiger partial charge on any atom is -1.00 e. The highest BCUT2D eigenvalue weighted by Gasteiger charge is 2.14. The van der Waals surface area contributed by atoms with Gasteiger partial charge in [-0.1, -0.05) is 6.92 Å². The number of fused-ring (bicyclic) bond motifs is 1. The number of anilines is 1. The van der Waals surface area contributed by atoms with E-state index in [0.717, 1.165) is 25.3 Å². The zero-order valence-corrected chi connectivity index (χ0v) is 11.9. The van der Waals surface area contributed by atoms with Gasteiger partial charge >= 0.3 is 0 Å². The molecule has 2 N–H and O–H groups in total. The van der Waals surface area contributed by atoms with E-state index in [1.54, 1.807) is 24.4 Å². The predicted molar refractivity (Wildman–Crippen MR) is 75.4 cm³/mol. The van der Waals surface area contributed by atoms with Gasteiger partial charge < -0.3 is 23.0 Å². The van der Waals surface area contributed by atoms with Gasteiger partial charge in [-0.25, -0.2) is 0 Å². The molecule has 0 aliphatic carbocycles. The van der Waals surface area contributed by atoms with Crippen molar-refractivity contribution < 1.29 is 17.3 Å².